The molecule has 0 bridgehead atoms. The van der Waals surface area contributed by atoms with Gasteiger partial charge in [-0.25, -0.2) is 9.79 Å². The van der Waals surface area contributed by atoms with E-state index in [-0.39, 0.29) is 11.6 Å². The summed E-state index contributed by atoms with van der Waals surface area (Å²) in [5.41, 5.74) is 1.61. The molecular formula is C17H11Cl2NO3. The van der Waals surface area contributed by atoms with Gasteiger partial charge in [0.25, 0.3) is 0 Å². The van der Waals surface area contributed by atoms with Crippen LogP contribution >= 0.6 is 23.2 Å². The van der Waals surface area contributed by atoms with E-state index in [0.29, 0.717) is 21.4 Å². The highest BCUT2D eigenvalue weighted by atomic mass is 35.5. The molecular weight excluding hydrogens is 337 g/mol. The van der Waals surface area contributed by atoms with Crippen LogP contribution in [0.1, 0.15) is 11.1 Å². The number of esters is 1. The van der Waals surface area contributed by atoms with E-state index in [9.17, 15) is 4.79 Å². The third-order valence-corrected chi connectivity index (χ3v) is 3.74. The summed E-state index contributed by atoms with van der Waals surface area (Å²) in [5, 5.41) is 1.05. The molecule has 6 heteroatoms. The van der Waals surface area contributed by atoms with Crippen LogP contribution in [-0.2, 0) is 9.53 Å². The molecule has 0 aromatic heterocycles. The number of hydrogen-bond acceptors (Lipinski definition) is 4. The maximum absolute atomic E-state index is 11.9. The number of halogens is 2. The summed E-state index contributed by atoms with van der Waals surface area (Å²) in [6.07, 6.45) is 1.61. The number of cyclic esters (lactones) is 1. The van der Waals surface area contributed by atoms with Gasteiger partial charge in [-0.1, -0.05) is 29.3 Å². The number of benzene rings is 2. The highest BCUT2D eigenvalue weighted by Crippen LogP contribution is 2.27. The van der Waals surface area contributed by atoms with Gasteiger partial charge in [0.2, 0.25) is 5.90 Å². The summed E-state index contributed by atoms with van der Waals surface area (Å²) >= 11 is 11.9. The lowest BCUT2D eigenvalue weighted by Gasteiger charge is -2.03. The van der Waals surface area contributed by atoms with Crippen molar-refractivity contribution in [1.29, 1.82) is 0 Å². The lowest BCUT2D eigenvalue weighted by atomic mass is 10.2. The molecule has 0 saturated carbocycles. The van der Waals surface area contributed by atoms with Crippen LogP contribution in [0.25, 0.3) is 6.08 Å². The Morgan fingerprint density at radius 2 is 1.87 bits per heavy atom. The van der Waals surface area contributed by atoms with Crippen molar-refractivity contribution in [2.45, 2.75) is 0 Å². The Labute approximate surface area is 143 Å². The summed E-state index contributed by atoms with van der Waals surface area (Å²) in [7, 11) is 1.54. The Balaban J connectivity index is 1.91. The average molecular weight is 348 g/mol. The van der Waals surface area contributed by atoms with Crippen LogP contribution < -0.4 is 4.74 Å². The van der Waals surface area contributed by atoms with E-state index in [1.165, 1.54) is 7.11 Å². The molecule has 0 atom stereocenters. The van der Waals surface area contributed by atoms with Crippen LogP contribution in [0.2, 0.25) is 10.0 Å². The zero-order valence-electron chi connectivity index (χ0n) is 12.0. The molecule has 2 aromatic rings. The predicted octanol–water partition coefficient (Wildman–Crippen LogP) is 4.35. The number of carbonyl (C=O) groups excluding carboxylic acids is 1. The molecule has 0 fully saturated rings. The van der Waals surface area contributed by atoms with Crippen LogP contribution in [0.15, 0.2) is 53.2 Å². The van der Waals surface area contributed by atoms with E-state index in [2.05, 4.69) is 4.99 Å². The first-order valence-corrected chi connectivity index (χ1v) is 7.44. The number of rotatable bonds is 3. The van der Waals surface area contributed by atoms with Crippen molar-refractivity contribution in [2.75, 3.05) is 7.11 Å². The highest BCUT2D eigenvalue weighted by molar-refractivity contribution is 6.32. The normalized spacial score (nSPS) is 15.5. The third kappa shape index (κ3) is 3.38. The number of carbonyl (C=O) groups is 1. The van der Waals surface area contributed by atoms with Crippen molar-refractivity contribution < 1.29 is 14.3 Å². The standard InChI is InChI=1S/C17H11Cl2NO3/c1-22-15-7-2-10(8-13(15)19)9-14-17(21)23-16(20-14)11-3-5-12(18)6-4-11/h2-9H,1H3. The number of hydrogen-bond donors (Lipinski definition) is 0. The van der Waals surface area contributed by atoms with Gasteiger partial charge < -0.3 is 9.47 Å². The van der Waals surface area contributed by atoms with Crippen LogP contribution in [0.3, 0.4) is 0 Å². The number of methoxy groups -OCH3 is 1. The predicted molar refractivity (Wildman–Crippen MR) is 90.1 cm³/mol. The van der Waals surface area contributed by atoms with E-state index in [1.54, 1.807) is 48.5 Å². The maximum Gasteiger partial charge on any atom is 0.363 e. The van der Waals surface area contributed by atoms with E-state index in [0.717, 1.165) is 5.56 Å². The summed E-state index contributed by atoms with van der Waals surface area (Å²) in [6.45, 7) is 0. The van der Waals surface area contributed by atoms with E-state index in [4.69, 9.17) is 32.7 Å². The van der Waals surface area contributed by atoms with Gasteiger partial charge in [-0.3, -0.25) is 0 Å². The number of aliphatic imine (C=N–C) groups is 1. The molecule has 116 valence electrons. The highest BCUT2D eigenvalue weighted by Gasteiger charge is 2.24. The summed E-state index contributed by atoms with van der Waals surface area (Å²) < 4.78 is 10.3. The molecule has 0 amide bonds. The minimum absolute atomic E-state index is 0.205. The van der Waals surface area contributed by atoms with Crippen LogP contribution in [0.5, 0.6) is 5.75 Å². The molecule has 1 aliphatic heterocycles. The minimum Gasteiger partial charge on any atom is -0.495 e. The Kier molecular flexibility index (Phi) is 4.37. The van der Waals surface area contributed by atoms with Gasteiger partial charge >= 0.3 is 5.97 Å². The molecule has 4 nitrogen and oxygen atoms in total. The van der Waals surface area contributed by atoms with Gasteiger partial charge in [0, 0.05) is 10.6 Å². The minimum atomic E-state index is -0.512. The topological polar surface area (TPSA) is 47.9 Å². The largest absolute Gasteiger partial charge is 0.495 e. The van der Waals surface area contributed by atoms with Crippen molar-refractivity contribution in [3.8, 4) is 5.75 Å². The molecule has 0 spiro atoms. The van der Waals surface area contributed by atoms with Crippen molar-refractivity contribution in [1.82, 2.24) is 0 Å². The lowest BCUT2D eigenvalue weighted by molar-refractivity contribution is -0.129. The van der Waals surface area contributed by atoms with E-state index < -0.39 is 5.97 Å². The van der Waals surface area contributed by atoms with Crippen molar-refractivity contribution in [3.05, 3.63) is 69.3 Å². The molecule has 1 heterocycles. The van der Waals surface area contributed by atoms with Gasteiger partial charge in [0.05, 0.1) is 12.1 Å². The summed E-state index contributed by atoms with van der Waals surface area (Å²) in [5.74, 6) is 0.299. The molecule has 0 N–H and O–H groups in total. The van der Waals surface area contributed by atoms with Gasteiger partial charge in [-0.2, -0.15) is 0 Å². The quantitative estimate of drug-likeness (QED) is 0.612. The lowest BCUT2D eigenvalue weighted by Crippen LogP contribution is -2.05. The Morgan fingerprint density at radius 1 is 1.13 bits per heavy atom. The second-order valence-corrected chi connectivity index (χ2v) is 5.58. The Hall–Kier alpha value is -2.30. The van der Waals surface area contributed by atoms with E-state index >= 15 is 0 Å². The maximum atomic E-state index is 11.9. The fourth-order valence-corrected chi connectivity index (χ4v) is 2.45. The summed E-state index contributed by atoms with van der Waals surface area (Å²) in [6, 6.07) is 12.1. The zero-order chi connectivity index (χ0) is 16.4. The smallest absolute Gasteiger partial charge is 0.363 e. The first-order valence-electron chi connectivity index (χ1n) is 6.69. The second kappa shape index (κ2) is 6.44. The van der Waals surface area contributed by atoms with E-state index in [1.807, 2.05) is 0 Å². The molecule has 0 aliphatic carbocycles. The molecule has 0 saturated heterocycles. The van der Waals surface area contributed by atoms with Crippen LogP contribution in [0.4, 0.5) is 0 Å². The Morgan fingerprint density at radius 3 is 2.52 bits per heavy atom. The van der Waals surface area contributed by atoms with Gasteiger partial charge in [-0.05, 0) is 48.0 Å². The third-order valence-electron chi connectivity index (χ3n) is 3.19. The Bertz CT molecular complexity index is 826. The molecule has 2 aromatic carbocycles. The molecule has 0 radical (unpaired) electrons. The molecule has 23 heavy (non-hydrogen) atoms. The number of nitrogens with zero attached hydrogens (tertiary/aromatic N) is 1. The van der Waals surface area contributed by atoms with Crippen molar-refractivity contribution in [3.63, 3.8) is 0 Å². The van der Waals surface area contributed by atoms with Gasteiger partial charge in [0.15, 0.2) is 5.70 Å². The number of ether oxygens (including phenoxy) is 2. The fraction of sp³-hybridized carbons (Fsp3) is 0.0588. The van der Waals surface area contributed by atoms with Crippen LogP contribution in [-0.4, -0.2) is 19.0 Å². The average Bonchev–Trinajstić information content (AvgIpc) is 2.89. The van der Waals surface area contributed by atoms with Gasteiger partial charge in [-0.15, -0.1) is 0 Å². The monoisotopic (exact) mass is 347 g/mol. The molecule has 3 rings (SSSR count). The fourth-order valence-electron chi connectivity index (χ4n) is 2.06. The second-order valence-electron chi connectivity index (χ2n) is 4.74. The van der Waals surface area contributed by atoms with Gasteiger partial charge in [0.1, 0.15) is 5.75 Å². The molecule has 0 unspecified atom stereocenters. The summed E-state index contributed by atoms with van der Waals surface area (Å²) in [4.78, 5) is 16.2. The van der Waals surface area contributed by atoms with Crippen LogP contribution in [0, 0.1) is 0 Å². The molecule has 1 aliphatic rings. The first kappa shape index (κ1) is 15.6. The van der Waals surface area contributed by atoms with Crippen molar-refractivity contribution >= 4 is 41.1 Å². The SMILES string of the molecule is COc1ccc(C=C2N=C(c3ccc(Cl)cc3)OC2=O)cc1Cl. The zero-order valence-corrected chi connectivity index (χ0v) is 13.6. The first-order chi connectivity index (χ1) is 11.1. The van der Waals surface area contributed by atoms with Crippen molar-refractivity contribution in [2.24, 2.45) is 4.99 Å².